The zero-order valence-electron chi connectivity index (χ0n) is 10.8. The van der Waals surface area contributed by atoms with Gasteiger partial charge in [0.15, 0.2) is 0 Å². The molecule has 3 nitrogen and oxygen atoms in total. The lowest BCUT2D eigenvalue weighted by atomic mass is 9.95. The second-order valence-corrected chi connectivity index (χ2v) is 5.78. The molecular weight excluding hydrogens is 248 g/mol. The minimum Gasteiger partial charge on any atom is -0.340 e. The summed E-state index contributed by atoms with van der Waals surface area (Å²) in [4.78, 5) is 14.0. The minimum absolute atomic E-state index is 0.0138. The van der Waals surface area contributed by atoms with Crippen molar-refractivity contribution in [2.45, 2.75) is 31.8 Å². The van der Waals surface area contributed by atoms with E-state index in [-0.39, 0.29) is 5.91 Å². The fourth-order valence-corrected chi connectivity index (χ4v) is 2.33. The van der Waals surface area contributed by atoms with E-state index in [4.69, 9.17) is 17.3 Å². The van der Waals surface area contributed by atoms with Crippen molar-refractivity contribution >= 4 is 17.5 Å². The third-order valence-corrected chi connectivity index (χ3v) is 3.82. The van der Waals surface area contributed by atoms with E-state index in [0.29, 0.717) is 17.5 Å². The molecule has 18 heavy (non-hydrogen) atoms. The molecule has 1 unspecified atom stereocenters. The van der Waals surface area contributed by atoms with E-state index in [0.717, 1.165) is 18.4 Å². The van der Waals surface area contributed by atoms with E-state index in [1.165, 1.54) is 0 Å². The first kappa shape index (κ1) is 13.4. The first-order chi connectivity index (χ1) is 8.41. The molecule has 1 atom stereocenters. The standard InChI is InChI=1S/C14H19ClN2O/c1-14(16,11-5-6-11)13(18)17(2)9-10-3-7-12(15)8-4-10/h3-4,7-8,11H,5-6,9,16H2,1-2H3. The number of nitrogens with two attached hydrogens (primary N) is 1. The first-order valence-corrected chi connectivity index (χ1v) is 6.58. The Hall–Kier alpha value is -1.06. The van der Waals surface area contributed by atoms with Crippen molar-refractivity contribution in [3.8, 4) is 0 Å². The van der Waals surface area contributed by atoms with Crippen LogP contribution < -0.4 is 5.73 Å². The van der Waals surface area contributed by atoms with E-state index in [9.17, 15) is 4.79 Å². The number of rotatable bonds is 4. The van der Waals surface area contributed by atoms with Gasteiger partial charge in [0.05, 0.1) is 5.54 Å². The lowest BCUT2D eigenvalue weighted by Crippen LogP contribution is -2.53. The number of hydrogen-bond acceptors (Lipinski definition) is 2. The van der Waals surface area contributed by atoms with Crippen molar-refractivity contribution in [1.82, 2.24) is 4.90 Å². The highest BCUT2D eigenvalue weighted by Gasteiger charge is 2.45. The quantitative estimate of drug-likeness (QED) is 0.910. The maximum atomic E-state index is 12.3. The molecule has 98 valence electrons. The Morgan fingerprint density at radius 3 is 2.50 bits per heavy atom. The number of hydrogen-bond donors (Lipinski definition) is 1. The van der Waals surface area contributed by atoms with Gasteiger partial charge in [-0.2, -0.15) is 0 Å². The average molecular weight is 267 g/mol. The fraction of sp³-hybridized carbons (Fsp3) is 0.500. The summed E-state index contributed by atoms with van der Waals surface area (Å²) in [6, 6.07) is 7.52. The third-order valence-electron chi connectivity index (χ3n) is 3.57. The van der Waals surface area contributed by atoms with Gasteiger partial charge in [-0.1, -0.05) is 23.7 Å². The van der Waals surface area contributed by atoms with Crippen molar-refractivity contribution < 1.29 is 4.79 Å². The zero-order valence-corrected chi connectivity index (χ0v) is 11.6. The Kier molecular flexibility index (Phi) is 3.64. The van der Waals surface area contributed by atoms with Gasteiger partial charge < -0.3 is 10.6 Å². The molecule has 0 aliphatic heterocycles. The van der Waals surface area contributed by atoms with Crippen LogP contribution in [0.1, 0.15) is 25.3 Å². The van der Waals surface area contributed by atoms with Crippen LogP contribution >= 0.6 is 11.6 Å². The van der Waals surface area contributed by atoms with Crippen molar-refractivity contribution in [3.63, 3.8) is 0 Å². The van der Waals surface area contributed by atoms with Gasteiger partial charge in [0.2, 0.25) is 5.91 Å². The van der Waals surface area contributed by atoms with Crippen LogP contribution in [0.4, 0.5) is 0 Å². The summed E-state index contributed by atoms with van der Waals surface area (Å²) < 4.78 is 0. The Morgan fingerprint density at radius 1 is 1.44 bits per heavy atom. The second-order valence-electron chi connectivity index (χ2n) is 5.34. The Balaban J connectivity index is 2.01. The Bertz CT molecular complexity index is 438. The molecule has 2 rings (SSSR count). The van der Waals surface area contributed by atoms with Gasteiger partial charge >= 0.3 is 0 Å². The van der Waals surface area contributed by atoms with Gasteiger partial charge in [0, 0.05) is 18.6 Å². The molecule has 1 aliphatic rings. The SMILES string of the molecule is CN(Cc1ccc(Cl)cc1)C(=O)C(C)(N)C1CC1. The third kappa shape index (κ3) is 2.85. The molecule has 0 bridgehead atoms. The van der Waals surface area contributed by atoms with Crippen LogP contribution in [0.15, 0.2) is 24.3 Å². The largest absolute Gasteiger partial charge is 0.340 e. The summed E-state index contributed by atoms with van der Waals surface area (Å²) in [5.74, 6) is 0.359. The van der Waals surface area contributed by atoms with E-state index >= 15 is 0 Å². The van der Waals surface area contributed by atoms with Crippen LogP contribution in [0, 0.1) is 5.92 Å². The van der Waals surface area contributed by atoms with Crippen LogP contribution in [0.5, 0.6) is 0 Å². The predicted molar refractivity (Wildman–Crippen MR) is 73.2 cm³/mol. The molecular formula is C14H19ClN2O. The molecule has 1 fully saturated rings. The molecule has 1 aliphatic carbocycles. The van der Waals surface area contributed by atoms with Gasteiger partial charge in [-0.05, 0) is 43.4 Å². The normalized spacial score (nSPS) is 18.2. The van der Waals surface area contributed by atoms with Gasteiger partial charge in [0.25, 0.3) is 0 Å². The predicted octanol–water partition coefficient (Wildman–Crippen LogP) is 2.43. The van der Waals surface area contributed by atoms with Crippen molar-refractivity contribution in [2.75, 3.05) is 7.05 Å². The van der Waals surface area contributed by atoms with Crippen LogP contribution in [-0.4, -0.2) is 23.4 Å². The molecule has 4 heteroatoms. The highest BCUT2D eigenvalue weighted by atomic mass is 35.5. The van der Waals surface area contributed by atoms with Crippen molar-refractivity contribution in [2.24, 2.45) is 11.7 Å². The highest BCUT2D eigenvalue weighted by Crippen LogP contribution is 2.38. The second kappa shape index (κ2) is 4.90. The summed E-state index contributed by atoms with van der Waals surface area (Å²) in [5, 5.41) is 0.703. The molecule has 2 N–H and O–H groups in total. The van der Waals surface area contributed by atoms with Crippen molar-refractivity contribution in [3.05, 3.63) is 34.9 Å². The maximum absolute atomic E-state index is 12.3. The number of carbonyl (C=O) groups excluding carboxylic acids is 1. The van der Waals surface area contributed by atoms with Crippen LogP contribution in [0.2, 0.25) is 5.02 Å². The summed E-state index contributed by atoms with van der Waals surface area (Å²) in [7, 11) is 1.80. The number of carbonyl (C=O) groups is 1. The summed E-state index contributed by atoms with van der Waals surface area (Å²) in [6.07, 6.45) is 2.13. The molecule has 0 spiro atoms. The molecule has 1 aromatic rings. The number of halogens is 1. The molecule has 1 saturated carbocycles. The van der Waals surface area contributed by atoms with Gasteiger partial charge in [0.1, 0.15) is 0 Å². The fourth-order valence-electron chi connectivity index (χ4n) is 2.20. The summed E-state index contributed by atoms with van der Waals surface area (Å²) in [5.41, 5.74) is 6.47. The Labute approximate surface area is 113 Å². The Morgan fingerprint density at radius 2 is 2.00 bits per heavy atom. The monoisotopic (exact) mass is 266 g/mol. The van der Waals surface area contributed by atoms with E-state index in [1.807, 2.05) is 31.2 Å². The number of nitrogens with zero attached hydrogens (tertiary/aromatic N) is 1. The summed E-state index contributed by atoms with van der Waals surface area (Å²) in [6.45, 7) is 2.40. The first-order valence-electron chi connectivity index (χ1n) is 6.20. The molecule has 0 heterocycles. The minimum atomic E-state index is -0.721. The smallest absolute Gasteiger partial charge is 0.242 e. The zero-order chi connectivity index (χ0) is 13.3. The van der Waals surface area contributed by atoms with Gasteiger partial charge in [-0.15, -0.1) is 0 Å². The van der Waals surface area contributed by atoms with E-state index in [1.54, 1.807) is 11.9 Å². The average Bonchev–Trinajstić information content (AvgIpc) is 3.15. The van der Waals surface area contributed by atoms with E-state index in [2.05, 4.69) is 0 Å². The molecule has 0 saturated heterocycles. The van der Waals surface area contributed by atoms with Gasteiger partial charge in [-0.25, -0.2) is 0 Å². The van der Waals surface area contributed by atoms with Gasteiger partial charge in [-0.3, -0.25) is 4.79 Å². The lowest BCUT2D eigenvalue weighted by molar-refractivity contribution is -0.136. The highest BCUT2D eigenvalue weighted by molar-refractivity contribution is 6.30. The molecule has 0 aromatic heterocycles. The van der Waals surface area contributed by atoms with Crippen molar-refractivity contribution in [1.29, 1.82) is 0 Å². The van der Waals surface area contributed by atoms with Crippen LogP contribution in [0.3, 0.4) is 0 Å². The van der Waals surface area contributed by atoms with Crippen LogP contribution in [-0.2, 0) is 11.3 Å². The molecule has 1 aromatic carbocycles. The van der Waals surface area contributed by atoms with Crippen LogP contribution in [0.25, 0.3) is 0 Å². The number of benzene rings is 1. The number of likely N-dealkylation sites (N-methyl/N-ethyl adjacent to an activating group) is 1. The topological polar surface area (TPSA) is 46.3 Å². The number of amides is 1. The lowest BCUT2D eigenvalue weighted by Gasteiger charge is -2.29. The summed E-state index contributed by atoms with van der Waals surface area (Å²) >= 11 is 5.83. The van der Waals surface area contributed by atoms with E-state index < -0.39 is 5.54 Å². The molecule has 1 amide bonds. The molecule has 0 radical (unpaired) electrons. The maximum Gasteiger partial charge on any atom is 0.242 e.